The largest absolute Gasteiger partial charge is 0.487 e. The van der Waals surface area contributed by atoms with Gasteiger partial charge in [0.05, 0.1) is 0 Å². The summed E-state index contributed by atoms with van der Waals surface area (Å²) in [6.45, 7) is 13.2. The summed E-state index contributed by atoms with van der Waals surface area (Å²) >= 11 is 5.72. The average Bonchev–Trinajstić information content (AvgIpc) is 2.24. The van der Waals surface area contributed by atoms with E-state index in [1.165, 1.54) is 5.56 Å². The van der Waals surface area contributed by atoms with Gasteiger partial charge in [0.25, 0.3) is 0 Å². The molecule has 1 rings (SSSR count). The van der Waals surface area contributed by atoms with E-state index in [-0.39, 0.29) is 0 Å². The molecular weight excluding hydrogens is 246 g/mol. The van der Waals surface area contributed by atoms with Crippen LogP contribution in [0.1, 0.15) is 30.5 Å². The first kappa shape index (κ1) is 15.1. The smallest absolute Gasteiger partial charge is 0.125 e. The van der Waals surface area contributed by atoms with E-state index in [2.05, 4.69) is 51.7 Å². The second-order valence-corrected chi connectivity index (χ2v) is 5.43. The molecule has 0 bridgehead atoms. The number of hydrogen-bond donors (Lipinski definition) is 1. The Bertz CT molecular complexity index is 403. The molecular formula is C15H22ClNO. The zero-order chi connectivity index (χ0) is 13.7. The number of halogens is 1. The maximum absolute atomic E-state index is 5.72. The molecule has 0 fully saturated rings. The lowest BCUT2D eigenvalue weighted by atomic mass is 10.1. The van der Waals surface area contributed by atoms with Gasteiger partial charge in [-0.2, -0.15) is 0 Å². The molecule has 100 valence electrons. The van der Waals surface area contributed by atoms with Gasteiger partial charge >= 0.3 is 0 Å². The molecule has 0 aliphatic heterocycles. The Morgan fingerprint density at radius 2 is 1.89 bits per heavy atom. The van der Waals surface area contributed by atoms with E-state index in [9.17, 15) is 0 Å². The highest BCUT2D eigenvalue weighted by Crippen LogP contribution is 2.25. The van der Waals surface area contributed by atoms with Gasteiger partial charge < -0.3 is 10.1 Å². The minimum Gasteiger partial charge on any atom is -0.487 e. The van der Waals surface area contributed by atoms with Gasteiger partial charge in [0.15, 0.2) is 0 Å². The second-order valence-electron chi connectivity index (χ2n) is 4.90. The van der Waals surface area contributed by atoms with Crippen molar-refractivity contribution in [2.24, 2.45) is 0 Å². The summed E-state index contributed by atoms with van der Waals surface area (Å²) in [4.78, 5) is 0. The topological polar surface area (TPSA) is 21.3 Å². The Morgan fingerprint density at radius 1 is 1.33 bits per heavy atom. The molecule has 0 radical (unpaired) electrons. The lowest BCUT2D eigenvalue weighted by Gasteiger charge is -2.15. The zero-order valence-corrected chi connectivity index (χ0v) is 12.4. The fourth-order valence-corrected chi connectivity index (χ4v) is 1.90. The van der Waals surface area contributed by atoms with Gasteiger partial charge in [-0.3, -0.25) is 0 Å². The lowest BCUT2D eigenvalue weighted by molar-refractivity contribution is 0.354. The molecule has 1 aromatic carbocycles. The fraction of sp³-hybridized carbons (Fsp3) is 0.467. The standard InChI is InChI=1S/C15H22ClNO/c1-10(2)17-8-14-6-11(3)15(12(4)7-14)18-9-13(5)16/h6-7,10,17H,5,8-9H2,1-4H3. The minimum atomic E-state index is 0.354. The molecule has 3 heteroatoms. The van der Waals surface area contributed by atoms with E-state index in [4.69, 9.17) is 16.3 Å². The molecule has 1 aromatic rings. The molecule has 0 aromatic heterocycles. The van der Waals surface area contributed by atoms with Crippen LogP contribution in [0.15, 0.2) is 23.7 Å². The monoisotopic (exact) mass is 267 g/mol. The molecule has 0 saturated heterocycles. The van der Waals surface area contributed by atoms with Crippen LogP contribution in [0.3, 0.4) is 0 Å². The molecule has 2 nitrogen and oxygen atoms in total. The summed E-state index contributed by atoms with van der Waals surface area (Å²) < 4.78 is 5.66. The van der Waals surface area contributed by atoms with Gasteiger partial charge in [0.2, 0.25) is 0 Å². The molecule has 0 spiro atoms. The van der Waals surface area contributed by atoms with Crippen molar-refractivity contribution in [1.29, 1.82) is 0 Å². The van der Waals surface area contributed by atoms with Crippen LogP contribution in [0.2, 0.25) is 0 Å². The van der Waals surface area contributed by atoms with E-state index in [1.807, 2.05) is 0 Å². The first-order valence-electron chi connectivity index (χ1n) is 6.19. The third-order valence-electron chi connectivity index (χ3n) is 2.61. The highest BCUT2D eigenvalue weighted by Gasteiger charge is 2.07. The summed E-state index contributed by atoms with van der Waals surface area (Å²) in [5, 5.41) is 3.92. The van der Waals surface area contributed by atoms with E-state index in [1.54, 1.807) is 0 Å². The molecule has 0 aliphatic rings. The SMILES string of the molecule is C=C(Cl)COc1c(C)cc(CNC(C)C)cc1C. The summed E-state index contributed by atoms with van der Waals surface area (Å²) in [5.41, 5.74) is 3.54. The summed E-state index contributed by atoms with van der Waals surface area (Å²) in [7, 11) is 0. The summed E-state index contributed by atoms with van der Waals surface area (Å²) in [6.07, 6.45) is 0. The fourth-order valence-electron chi connectivity index (χ4n) is 1.84. The second kappa shape index (κ2) is 6.81. The van der Waals surface area contributed by atoms with Crippen molar-refractivity contribution in [2.75, 3.05) is 6.61 Å². The van der Waals surface area contributed by atoms with E-state index in [0.717, 1.165) is 23.4 Å². The van der Waals surface area contributed by atoms with Crippen molar-refractivity contribution in [2.45, 2.75) is 40.3 Å². The van der Waals surface area contributed by atoms with E-state index in [0.29, 0.717) is 17.7 Å². The van der Waals surface area contributed by atoms with E-state index < -0.39 is 0 Å². The lowest BCUT2D eigenvalue weighted by Crippen LogP contribution is -2.21. The van der Waals surface area contributed by atoms with Crippen LogP contribution in [0.25, 0.3) is 0 Å². The van der Waals surface area contributed by atoms with Crippen LogP contribution in [0, 0.1) is 13.8 Å². The van der Waals surface area contributed by atoms with E-state index >= 15 is 0 Å². The molecule has 1 N–H and O–H groups in total. The number of hydrogen-bond acceptors (Lipinski definition) is 2. The maximum Gasteiger partial charge on any atom is 0.125 e. The predicted octanol–water partition coefficient (Wildman–Crippen LogP) is 3.93. The quantitative estimate of drug-likeness (QED) is 0.843. The predicted molar refractivity (Wildman–Crippen MR) is 78.4 cm³/mol. The summed E-state index contributed by atoms with van der Waals surface area (Å²) in [6, 6.07) is 4.78. The third-order valence-corrected chi connectivity index (χ3v) is 2.72. The van der Waals surface area contributed by atoms with Gasteiger partial charge in [-0.15, -0.1) is 0 Å². The summed E-state index contributed by atoms with van der Waals surface area (Å²) in [5.74, 6) is 0.907. The molecule has 0 atom stereocenters. The number of aryl methyl sites for hydroxylation is 2. The Hall–Kier alpha value is -0.990. The van der Waals surface area contributed by atoms with Crippen molar-refractivity contribution in [3.05, 3.63) is 40.4 Å². The molecule has 0 unspecified atom stereocenters. The van der Waals surface area contributed by atoms with Crippen LogP contribution in [-0.4, -0.2) is 12.6 Å². The Labute approximate surface area is 115 Å². The number of benzene rings is 1. The molecule has 0 amide bonds. The molecule has 0 heterocycles. The molecule has 18 heavy (non-hydrogen) atoms. The third kappa shape index (κ3) is 4.71. The average molecular weight is 268 g/mol. The minimum absolute atomic E-state index is 0.354. The van der Waals surface area contributed by atoms with Gasteiger partial charge in [0.1, 0.15) is 12.4 Å². The van der Waals surface area contributed by atoms with Crippen LogP contribution < -0.4 is 10.1 Å². The van der Waals surface area contributed by atoms with Crippen LogP contribution in [-0.2, 0) is 6.54 Å². The maximum atomic E-state index is 5.72. The Balaban J connectivity index is 2.80. The first-order valence-corrected chi connectivity index (χ1v) is 6.57. The Kier molecular flexibility index (Phi) is 5.70. The molecule has 0 aliphatic carbocycles. The van der Waals surface area contributed by atoms with Crippen molar-refractivity contribution in [1.82, 2.24) is 5.32 Å². The van der Waals surface area contributed by atoms with Crippen LogP contribution >= 0.6 is 11.6 Å². The van der Waals surface area contributed by atoms with Gasteiger partial charge in [0, 0.05) is 17.6 Å². The van der Waals surface area contributed by atoms with Crippen molar-refractivity contribution in [3.8, 4) is 5.75 Å². The van der Waals surface area contributed by atoms with Gasteiger partial charge in [-0.25, -0.2) is 0 Å². The Morgan fingerprint density at radius 3 is 2.33 bits per heavy atom. The van der Waals surface area contributed by atoms with Crippen molar-refractivity contribution >= 4 is 11.6 Å². The van der Waals surface area contributed by atoms with Crippen molar-refractivity contribution < 1.29 is 4.74 Å². The number of nitrogens with one attached hydrogen (secondary N) is 1. The normalized spacial score (nSPS) is 10.8. The highest BCUT2D eigenvalue weighted by molar-refractivity contribution is 6.29. The first-order chi connectivity index (χ1) is 8.40. The van der Waals surface area contributed by atoms with Crippen molar-refractivity contribution in [3.63, 3.8) is 0 Å². The number of rotatable bonds is 6. The number of ether oxygens (including phenoxy) is 1. The highest BCUT2D eigenvalue weighted by atomic mass is 35.5. The van der Waals surface area contributed by atoms with Crippen LogP contribution in [0.5, 0.6) is 5.75 Å². The van der Waals surface area contributed by atoms with Gasteiger partial charge in [-0.1, -0.05) is 44.2 Å². The molecule has 0 saturated carbocycles. The van der Waals surface area contributed by atoms with Gasteiger partial charge in [-0.05, 0) is 30.5 Å². The van der Waals surface area contributed by atoms with Crippen LogP contribution in [0.4, 0.5) is 0 Å². The zero-order valence-electron chi connectivity index (χ0n) is 11.6.